The lowest BCUT2D eigenvalue weighted by molar-refractivity contribution is -0.138. The van der Waals surface area contributed by atoms with Gasteiger partial charge in [0.05, 0.1) is 12.3 Å². The maximum Gasteiger partial charge on any atom is 0.287 e. The van der Waals surface area contributed by atoms with Gasteiger partial charge in [0.2, 0.25) is 15.9 Å². The van der Waals surface area contributed by atoms with Crippen LogP contribution in [0.3, 0.4) is 0 Å². The van der Waals surface area contributed by atoms with Gasteiger partial charge in [-0.3, -0.25) is 9.59 Å². The molecule has 0 aliphatic carbocycles. The topological polar surface area (TPSA) is 105 Å². The Hall–Kier alpha value is -1.85. The van der Waals surface area contributed by atoms with Gasteiger partial charge in [-0.2, -0.15) is 0 Å². The van der Waals surface area contributed by atoms with Crippen molar-refractivity contribution >= 4 is 37.5 Å². The molecule has 28 heavy (non-hydrogen) atoms. The normalized spacial score (nSPS) is 20.7. The smallest absolute Gasteiger partial charge is 0.287 e. The summed E-state index contributed by atoms with van der Waals surface area (Å²) in [5, 5.41) is 10.0. The lowest BCUT2D eigenvalue weighted by Gasteiger charge is -2.36. The Morgan fingerprint density at radius 3 is 2.46 bits per heavy atom. The highest BCUT2D eigenvalue weighted by Gasteiger charge is 2.33. The highest BCUT2D eigenvalue weighted by atomic mass is 32.2. The monoisotopic (exact) mass is 425 g/mol. The number of nitrogens with zero attached hydrogens (tertiary/aromatic N) is 5. The quantitative estimate of drug-likeness (QED) is 0.716. The fourth-order valence-corrected chi connectivity index (χ4v) is 5.68. The molecule has 2 saturated heterocycles. The molecule has 0 aromatic carbocycles. The summed E-state index contributed by atoms with van der Waals surface area (Å²) < 4.78 is 26.8. The van der Waals surface area contributed by atoms with Gasteiger partial charge in [0.25, 0.3) is 5.56 Å². The van der Waals surface area contributed by atoms with Crippen molar-refractivity contribution < 1.29 is 13.2 Å². The van der Waals surface area contributed by atoms with Crippen molar-refractivity contribution in [1.82, 2.24) is 24.2 Å². The van der Waals surface area contributed by atoms with Crippen LogP contribution < -0.4 is 5.56 Å². The molecular formula is C17H23N5O4S2. The molecule has 0 spiro atoms. The number of hydrogen-bond acceptors (Lipinski definition) is 7. The molecule has 0 radical (unpaired) electrons. The fraction of sp³-hybridized carbons (Fsp3) is 0.647. The van der Waals surface area contributed by atoms with Gasteiger partial charge in [-0.05, 0) is 37.1 Å². The number of piperidine rings is 2. The largest absolute Gasteiger partial charge is 0.342 e. The lowest BCUT2D eigenvalue weighted by atomic mass is 9.95. The standard InChI is InChI=1S/C17H23N5O4S2/c1-28(25,26)21-9-2-12(3-10-21)16(23)20-7-4-13(5-8-20)22-17(24)15-14(18-19-22)6-11-27-15/h6,11-13H,2-5,7-10H2,1H3. The van der Waals surface area contributed by atoms with Crippen LogP contribution in [0.4, 0.5) is 0 Å². The summed E-state index contributed by atoms with van der Waals surface area (Å²) in [4.78, 5) is 27.3. The second-order valence-electron chi connectivity index (χ2n) is 7.47. The van der Waals surface area contributed by atoms with Crippen LogP contribution in [0.25, 0.3) is 10.2 Å². The Balaban J connectivity index is 1.37. The van der Waals surface area contributed by atoms with E-state index in [1.807, 2.05) is 10.3 Å². The third-order valence-corrected chi connectivity index (χ3v) is 7.88. The predicted octanol–water partition coefficient (Wildman–Crippen LogP) is 0.688. The van der Waals surface area contributed by atoms with Gasteiger partial charge in [0.15, 0.2) is 0 Å². The molecule has 9 nitrogen and oxygen atoms in total. The maximum absolute atomic E-state index is 12.8. The van der Waals surface area contributed by atoms with Crippen molar-refractivity contribution in [2.45, 2.75) is 31.7 Å². The average Bonchev–Trinajstić information content (AvgIpc) is 3.17. The van der Waals surface area contributed by atoms with Crippen LogP contribution in [0, 0.1) is 5.92 Å². The van der Waals surface area contributed by atoms with Crippen molar-refractivity contribution in [1.29, 1.82) is 0 Å². The van der Waals surface area contributed by atoms with E-state index in [4.69, 9.17) is 0 Å². The molecule has 152 valence electrons. The summed E-state index contributed by atoms with van der Waals surface area (Å²) >= 11 is 1.37. The molecule has 0 bridgehead atoms. The summed E-state index contributed by atoms with van der Waals surface area (Å²) in [5.41, 5.74) is 0.511. The van der Waals surface area contributed by atoms with E-state index in [1.54, 1.807) is 6.07 Å². The number of aromatic nitrogens is 3. The minimum absolute atomic E-state index is 0.0531. The first-order chi connectivity index (χ1) is 13.3. The molecule has 0 saturated carbocycles. The Morgan fingerprint density at radius 1 is 1.14 bits per heavy atom. The number of hydrogen-bond donors (Lipinski definition) is 0. The van der Waals surface area contributed by atoms with Gasteiger partial charge < -0.3 is 4.90 Å². The Kier molecular flexibility index (Phi) is 5.23. The zero-order chi connectivity index (χ0) is 19.9. The summed E-state index contributed by atoms with van der Waals surface area (Å²) in [5.74, 6) is -0.0294. The predicted molar refractivity (Wildman–Crippen MR) is 106 cm³/mol. The van der Waals surface area contributed by atoms with Crippen molar-refractivity contribution in [3.63, 3.8) is 0 Å². The average molecular weight is 426 g/mol. The van der Waals surface area contributed by atoms with Gasteiger partial charge in [-0.25, -0.2) is 17.4 Å². The number of fused-ring (bicyclic) bond motifs is 1. The molecule has 0 unspecified atom stereocenters. The van der Waals surface area contributed by atoms with E-state index in [0.717, 1.165) is 0 Å². The van der Waals surface area contributed by atoms with Crippen LogP contribution in [-0.2, 0) is 14.8 Å². The third kappa shape index (κ3) is 3.70. The van der Waals surface area contributed by atoms with Gasteiger partial charge in [0, 0.05) is 32.1 Å². The number of amides is 1. The van der Waals surface area contributed by atoms with E-state index in [9.17, 15) is 18.0 Å². The van der Waals surface area contributed by atoms with Crippen LogP contribution in [0.1, 0.15) is 31.7 Å². The van der Waals surface area contributed by atoms with Gasteiger partial charge in [-0.1, -0.05) is 5.21 Å². The Labute approximate surface area is 167 Å². The van der Waals surface area contributed by atoms with Gasteiger partial charge in [0.1, 0.15) is 10.2 Å². The van der Waals surface area contributed by atoms with E-state index in [2.05, 4.69) is 10.3 Å². The molecule has 2 aromatic heterocycles. The van der Waals surface area contributed by atoms with Crippen LogP contribution in [0.2, 0.25) is 0 Å². The van der Waals surface area contributed by atoms with Crippen molar-refractivity contribution in [3.05, 3.63) is 21.8 Å². The van der Waals surface area contributed by atoms with Crippen LogP contribution in [0.5, 0.6) is 0 Å². The molecule has 11 heteroatoms. The van der Waals surface area contributed by atoms with E-state index < -0.39 is 10.0 Å². The highest BCUT2D eigenvalue weighted by Crippen LogP contribution is 2.26. The molecular weight excluding hydrogens is 402 g/mol. The number of sulfonamides is 1. The van der Waals surface area contributed by atoms with Gasteiger partial charge in [-0.15, -0.1) is 16.4 Å². The molecule has 2 aliphatic heterocycles. The van der Waals surface area contributed by atoms with Crippen LogP contribution in [0.15, 0.2) is 16.2 Å². The minimum atomic E-state index is -3.19. The number of likely N-dealkylation sites (tertiary alicyclic amines) is 1. The van der Waals surface area contributed by atoms with E-state index in [-0.39, 0.29) is 23.4 Å². The Morgan fingerprint density at radius 2 is 1.82 bits per heavy atom. The SMILES string of the molecule is CS(=O)(=O)N1CCC(C(=O)N2CCC(n3nnc4ccsc4c3=O)CC2)CC1. The molecule has 0 atom stereocenters. The summed E-state index contributed by atoms with van der Waals surface area (Å²) in [6, 6.07) is 1.73. The molecule has 2 fully saturated rings. The first-order valence-corrected chi connectivity index (χ1v) is 12.1. The highest BCUT2D eigenvalue weighted by molar-refractivity contribution is 7.88. The zero-order valence-electron chi connectivity index (χ0n) is 15.7. The second-order valence-corrected chi connectivity index (χ2v) is 10.4. The van der Waals surface area contributed by atoms with E-state index in [0.29, 0.717) is 62.1 Å². The maximum atomic E-state index is 12.8. The fourth-order valence-electron chi connectivity index (χ4n) is 4.04. The zero-order valence-corrected chi connectivity index (χ0v) is 17.3. The third-order valence-electron chi connectivity index (χ3n) is 5.69. The number of carbonyl (C=O) groups excluding carboxylic acids is 1. The number of rotatable bonds is 3. The first-order valence-electron chi connectivity index (χ1n) is 9.41. The van der Waals surface area contributed by atoms with E-state index in [1.165, 1.54) is 26.6 Å². The van der Waals surface area contributed by atoms with Crippen LogP contribution >= 0.6 is 11.3 Å². The number of carbonyl (C=O) groups is 1. The minimum Gasteiger partial charge on any atom is -0.342 e. The van der Waals surface area contributed by atoms with Crippen LogP contribution in [-0.4, -0.2) is 71.0 Å². The van der Waals surface area contributed by atoms with Crippen molar-refractivity contribution in [3.8, 4) is 0 Å². The molecule has 1 amide bonds. The Bertz CT molecular complexity index is 1030. The molecule has 4 heterocycles. The number of thiophene rings is 1. The lowest BCUT2D eigenvalue weighted by Crippen LogP contribution is -2.47. The first kappa shape index (κ1) is 19.5. The molecule has 2 aliphatic rings. The molecule has 2 aromatic rings. The summed E-state index contributed by atoms with van der Waals surface area (Å²) in [6.07, 6.45) is 3.66. The van der Waals surface area contributed by atoms with Crippen molar-refractivity contribution in [2.75, 3.05) is 32.4 Å². The van der Waals surface area contributed by atoms with Crippen molar-refractivity contribution in [2.24, 2.45) is 5.92 Å². The van der Waals surface area contributed by atoms with Gasteiger partial charge >= 0.3 is 0 Å². The molecule has 0 N–H and O–H groups in total. The molecule has 4 rings (SSSR count). The summed E-state index contributed by atoms with van der Waals surface area (Å²) in [7, 11) is -3.19. The second kappa shape index (κ2) is 7.53. The summed E-state index contributed by atoms with van der Waals surface area (Å²) in [6.45, 7) is 1.95. The van der Waals surface area contributed by atoms with E-state index >= 15 is 0 Å².